The van der Waals surface area contributed by atoms with E-state index < -0.39 is 0 Å². The summed E-state index contributed by atoms with van der Waals surface area (Å²) in [6.45, 7) is 0. The van der Waals surface area contributed by atoms with Gasteiger partial charge in [0.25, 0.3) is 0 Å². The van der Waals surface area contributed by atoms with Crippen molar-refractivity contribution in [3.05, 3.63) is 17.8 Å². The summed E-state index contributed by atoms with van der Waals surface area (Å²) in [4.78, 5) is 6.03. The molecule has 0 saturated carbocycles. The fraction of sp³-hybridized carbons (Fsp3) is 0.200. The third-order valence-electron chi connectivity index (χ3n) is 1.97. The Morgan fingerprint density at radius 3 is 2.78 bits per heavy atom. The van der Waals surface area contributed by atoms with Crippen molar-refractivity contribution < 1.29 is 0 Å². The molecule has 92 valence electrons. The molecule has 8 heteroatoms. The predicted octanol–water partition coefficient (Wildman–Crippen LogP) is 1.60. The molecule has 2 N–H and O–H groups in total. The van der Waals surface area contributed by atoms with Crippen LogP contribution in [0.4, 0.5) is 10.8 Å². The van der Waals surface area contributed by atoms with Crippen molar-refractivity contribution in [1.29, 1.82) is 5.26 Å². The molecule has 0 aliphatic rings. The normalized spacial score (nSPS) is 10.1. The Kier molecular flexibility index (Phi) is 3.64. The maximum Gasteiger partial charge on any atom is 0.208 e. The number of aromatic nitrogens is 3. The highest BCUT2D eigenvalue weighted by atomic mass is 32.2. The van der Waals surface area contributed by atoms with Crippen molar-refractivity contribution in [2.75, 3.05) is 24.7 Å². The molecule has 0 aliphatic heterocycles. The number of pyridine rings is 1. The van der Waals surface area contributed by atoms with E-state index in [4.69, 9.17) is 11.0 Å². The maximum absolute atomic E-state index is 8.73. The van der Waals surface area contributed by atoms with Gasteiger partial charge in [0.15, 0.2) is 4.34 Å². The number of hydrogen-bond acceptors (Lipinski definition) is 8. The van der Waals surface area contributed by atoms with Gasteiger partial charge in [0.2, 0.25) is 5.13 Å². The van der Waals surface area contributed by atoms with Gasteiger partial charge >= 0.3 is 0 Å². The van der Waals surface area contributed by atoms with Crippen LogP contribution in [0.5, 0.6) is 0 Å². The second-order valence-electron chi connectivity index (χ2n) is 3.58. The van der Waals surface area contributed by atoms with E-state index in [1.807, 2.05) is 25.1 Å². The zero-order valence-electron chi connectivity index (χ0n) is 9.78. The summed E-state index contributed by atoms with van der Waals surface area (Å²) < 4.78 is 0.766. The Labute approximate surface area is 112 Å². The van der Waals surface area contributed by atoms with Gasteiger partial charge in [-0.2, -0.15) is 5.26 Å². The van der Waals surface area contributed by atoms with Crippen molar-refractivity contribution in [2.45, 2.75) is 9.37 Å². The molecule has 2 heterocycles. The minimum atomic E-state index is 0.447. The minimum absolute atomic E-state index is 0.447. The first-order valence-electron chi connectivity index (χ1n) is 4.94. The number of nitrogens with two attached hydrogens (primary N) is 1. The Balaban J connectivity index is 2.21. The van der Waals surface area contributed by atoms with Crippen molar-refractivity contribution >= 4 is 33.9 Å². The van der Waals surface area contributed by atoms with Crippen molar-refractivity contribution in [3.63, 3.8) is 0 Å². The summed E-state index contributed by atoms with van der Waals surface area (Å²) in [5.74, 6) is 0. The largest absolute Gasteiger partial charge is 0.396 e. The highest BCUT2D eigenvalue weighted by molar-refractivity contribution is 8.01. The molecule has 2 aromatic rings. The number of anilines is 2. The lowest BCUT2D eigenvalue weighted by Gasteiger charge is -2.04. The third kappa shape index (κ3) is 2.69. The Morgan fingerprint density at radius 1 is 1.44 bits per heavy atom. The fourth-order valence-corrected chi connectivity index (χ4v) is 2.78. The summed E-state index contributed by atoms with van der Waals surface area (Å²) >= 11 is 2.80. The van der Waals surface area contributed by atoms with Crippen LogP contribution in [0.1, 0.15) is 5.56 Å². The summed E-state index contributed by atoms with van der Waals surface area (Å²) in [7, 11) is 3.81. The molecule has 0 amide bonds. The lowest BCUT2D eigenvalue weighted by Crippen LogP contribution is -2.07. The van der Waals surface area contributed by atoms with E-state index in [1.165, 1.54) is 29.3 Å². The summed E-state index contributed by atoms with van der Waals surface area (Å²) in [5.41, 5.74) is 6.74. The quantitative estimate of drug-likeness (QED) is 0.911. The van der Waals surface area contributed by atoms with Gasteiger partial charge in [0.1, 0.15) is 11.1 Å². The van der Waals surface area contributed by atoms with Crippen LogP contribution in [0.3, 0.4) is 0 Å². The molecule has 0 unspecified atom stereocenters. The minimum Gasteiger partial charge on any atom is -0.396 e. The Bertz CT molecular complexity index is 601. The number of nitriles is 1. The Hall–Kier alpha value is -1.85. The molecular formula is C10H10N6S2. The highest BCUT2D eigenvalue weighted by Crippen LogP contribution is 2.34. The van der Waals surface area contributed by atoms with Gasteiger partial charge < -0.3 is 10.6 Å². The van der Waals surface area contributed by atoms with Crippen LogP contribution < -0.4 is 10.6 Å². The zero-order valence-corrected chi connectivity index (χ0v) is 11.4. The molecule has 0 saturated heterocycles. The first-order chi connectivity index (χ1) is 8.60. The summed E-state index contributed by atoms with van der Waals surface area (Å²) in [5, 5.41) is 18.3. The topological polar surface area (TPSA) is 91.7 Å². The monoisotopic (exact) mass is 278 g/mol. The van der Waals surface area contributed by atoms with Gasteiger partial charge in [-0.1, -0.05) is 11.3 Å². The number of nitrogens with zero attached hydrogens (tertiary/aromatic N) is 5. The number of nitrogen functional groups attached to an aromatic ring is 1. The SMILES string of the molecule is CN(C)c1nnc(Sc2ncc(C#N)cc2N)s1. The average molecular weight is 278 g/mol. The van der Waals surface area contributed by atoms with Gasteiger partial charge in [0, 0.05) is 20.3 Å². The van der Waals surface area contributed by atoms with Gasteiger partial charge in [-0.15, -0.1) is 10.2 Å². The van der Waals surface area contributed by atoms with Crippen LogP contribution in [-0.4, -0.2) is 29.3 Å². The highest BCUT2D eigenvalue weighted by Gasteiger charge is 2.10. The number of hydrogen-bond donors (Lipinski definition) is 1. The molecule has 2 rings (SSSR count). The molecular weight excluding hydrogens is 268 g/mol. The van der Waals surface area contributed by atoms with E-state index >= 15 is 0 Å². The predicted molar refractivity (Wildman–Crippen MR) is 71.7 cm³/mol. The molecule has 0 spiro atoms. The average Bonchev–Trinajstić information content (AvgIpc) is 2.80. The molecule has 0 fully saturated rings. The van der Waals surface area contributed by atoms with Crippen LogP contribution in [0, 0.1) is 11.3 Å². The summed E-state index contributed by atoms with van der Waals surface area (Å²) in [6, 6.07) is 3.59. The molecule has 0 bridgehead atoms. The lowest BCUT2D eigenvalue weighted by molar-refractivity contribution is 0.970. The van der Waals surface area contributed by atoms with Gasteiger partial charge in [-0.05, 0) is 17.8 Å². The fourth-order valence-electron chi connectivity index (χ4n) is 1.12. The second-order valence-corrected chi connectivity index (χ2v) is 5.77. The molecule has 2 aromatic heterocycles. The van der Waals surface area contributed by atoms with Crippen LogP contribution in [0.15, 0.2) is 21.6 Å². The van der Waals surface area contributed by atoms with E-state index in [1.54, 1.807) is 6.07 Å². The van der Waals surface area contributed by atoms with Crippen LogP contribution in [0.2, 0.25) is 0 Å². The second kappa shape index (κ2) is 5.20. The number of rotatable bonds is 3. The lowest BCUT2D eigenvalue weighted by atomic mass is 10.3. The van der Waals surface area contributed by atoms with Gasteiger partial charge in [-0.25, -0.2) is 4.98 Å². The first-order valence-corrected chi connectivity index (χ1v) is 6.57. The van der Waals surface area contributed by atoms with Crippen LogP contribution >= 0.6 is 23.1 Å². The molecule has 0 aliphatic carbocycles. The molecule has 18 heavy (non-hydrogen) atoms. The molecule has 0 aromatic carbocycles. The van der Waals surface area contributed by atoms with Crippen molar-refractivity contribution in [2.24, 2.45) is 0 Å². The van der Waals surface area contributed by atoms with E-state index in [0.717, 1.165) is 9.47 Å². The Morgan fingerprint density at radius 2 is 2.22 bits per heavy atom. The maximum atomic E-state index is 8.73. The van der Waals surface area contributed by atoms with Gasteiger partial charge in [-0.3, -0.25) is 0 Å². The summed E-state index contributed by atoms with van der Waals surface area (Å²) in [6.07, 6.45) is 1.49. The van der Waals surface area contributed by atoms with Crippen molar-refractivity contribution in [1.82, 2.24) is 15.2 Å². The zero-order chi connectivity index (χ0) is 13.1. The van der Waals surface area contributed by atoms with Crippen LogP contribution in [-0.2, 0) is 0 Å². The van der Waals surface area contributed by atoms with E-state index in [9.17, 15) is 0 Å². The van der Waals surface area contributed by atoms with E-state index in [-0.39, 0.29) is 0 Å². The van der Waals surface area contributed by atoms with Crippen molar-refractivity contribution in [3.8, 4) is 6.07 Å². The smallest absolute Gasteiger partial charge is 0.208 e. The van der Waals surface area contributed by atoms with E-state index in [2.05, 4.69) is 15.2 Å². The van der Waals surface area contributed by atoms with E-state index in [0.29, 0.717) is 16.3 Å². The van der Waals surface area contributed by atoms with Gasteiger partial charge in [0.05, 0.1) is 11.3 Å². The third-order valence-corrected chi connectivity index (χ3v) is 4.15. The molecule has 6 nitrogen and oxygen atoms in total. The standard InChI is InChI=1S/C10H10N6S2/c1-16(2)9-14-15-10(18-9)17-8-7(12)3-6(4-11)5-13-8/h3,5H,12H2,1-2H3. The molecule has 0 atom stereocenters. The van der Waals surface area contributed by atoms with Crippen LogP contribution in [0.25, 0.3) is 0 Å². The first kappa shape index (κ1) is 12.6. The molecule has 0 radical (unpaired) electrons.